The molecule has 1 aromatic heterocycles. The number of nitrogens with one attached hydrogen (secondary N) is 2. The second kappa shape index (κ2) is 8.31. The van der Waals surface area contributed by atoms with Crippen molar-refractivity contribution in [3.63, 3.8) is 0 Å². The molecule has 0 saturated carbocycles. The first kappa shape index (κ1) is 20.0. The lowest BCUT2D eigenvalue weighted by molar-refractivity contribution is -0.123. The van der Waals surface area contributed by atoms with Crippen molar-refractivity contribution in [3.05, 3.63) is 93.2 Å². The van der Waals surface area contributed by atoms with Crippen LogP contribution in [0.15, 0.2) is 66.0 Å². The number of amides is 2. The highest BCUT2D eigenvalue weighted by Gasteiger charge is 2.42. The fourth-order valence-corrected chi connectivity index (χ4v) is 6.20. The van der Waals surface area contributed by atoms with Gasteiger partial charge in [-0.2, -0.15) is 0 Å². The van der Waals surface area contributed by atoms with Crippen molar-refractivity contribution in [2.45, 2.75) is 37.6 Å². The van der Waals surface area contributed by atoms with Crippen LogP contribution in [-0.4, -0.2) is 18.4 Å². The molecule has 2 N–H and O–H groups in total. The highest BCUT2D eigenvalue weighted by Crippen LogP contribution is 2.55. The minimum atomic E-state index is -0.276. The van der Waals surface area contributed by atoms with E-state index in [2.05, 4.69) is 59.2 Å². The topological polar surface area (TPSA) is 58.2 Å². The highest BCUT2D eigenvalue weighted by atomic mass is 32.1. The maximum Gasteiger partial charge on any atom is 0.222 e. The van der Waals surface area contributed by atoms with Gasteiger partial charge < -0.3 is 10.6 Å². The molecule has 0 fully saturated rings. The number of hydrogen-bond acceptors (Lipinski definition) is 3. The van der Waals surface area contributed by atoms with Gasteiger partial charge >= 0.3 is 0 Å². The van der Waals surface area contributed by atoms with Crippen molar-refractivity contribution < 1.29 is 9.59 Å². The number of carbonyl (C=O) groups is 2. The van der Waals surface area contributed by atoms with Crippen molar-refractivity contribution in [1.82, 2.24) is 10.6 Å². The first-order chi connectivity index (χ1) is 15.1. The third kappa shape index (κ3) is 3.79. The summed E-state index contributed by atoms with van der Waals surface area (Å²) in [6.45, 7) is 2.14. The predicted molar refractivity (Wildman–Crippen MR) is 123 cm³/mol. The standard InChI is InChI=1S/C26H26N2O2S/c1-16(29)28-23(24-11-6-12-31-24)14-25(30)27-15-17-13-22-18-7-2-4-9-20(18)26(17)21-10-5-3-8-19(21)22/h2-12,17,22-23,26H,13-15H2,1H3,(H,27,30)(H,28,29)/t17-,22?,23+,26?/m0/s1. The maximum absolute atomic E-state index is 12.8. The fourth-order valence-electron chi connectivity index (χ4n) is 5.42. The van der Waals surface area contributed by atoms with Crippen LogP contribution in [0.5, 0.6) is 0 Å². The Morgan fingerprint density at radius 1 is 0.968 bits per heavy atom. The molecule has 3 aliphatic carbocycles. The molecular weight excluding hydrogens is 404 g/mol. The van der Waals surface area contributed by atoms with Crippen LogP contribution in [0.2, 0.25) is 0 Å². The molecule has 6 rings (SSSR count). The first-order valence-electron chi connectivity index (χ1n) is 10.9. The largest absolute Gasteiger partial charge is 0.356 e. The van der Waals surface area contributed by atoms with Crippen molar-refractivity contribution in [1.29, 1.82) is 0 Å². The van der Waals surface area contributed by atoms with Crippen molar-refractivity contribution >= 4 is 23.2 Å². The van der Waals surface area contributed by atoms with Crippen LogP contribution in [0.1, 0.15) is 64.8 Å². The fraction of sp³-hybridized carbons (Fsp3) is 0.308. The summed E-state index contributed by atoms with van der Waals surface area (Å²) in [6, 6.07) is 21.2. The van der Waals surface area contributed by atoms with Gasteiger partial charge in [0, 0.05) is 30.2 Å². The predicted octanol–water partition coefficient (Wildman–Crippen LogP) is 4.73. The Balaban J connectivity index is 1.31. The second-order valence-corrected chi connectivity index (χ2v) is 9.54. The summed E-state index contributed by atoms with van der Waals surface area (Å²) in [5.41, 5.74) is 5.70. The first-order valence-corrected chi connectivity index (χ1v) is 11.7. The van der Waals surface area contributed by atoms with E-state index < -0.39 is 0 Å². The van der Waals surface area contributed by atoms with E-state index in [-0.39, 0.29) is 24.3 Å². The molecular formula is C26H26N2O2S. The smallest absolute Gasteiger partial charge is 0.222 e. The van der Waals surface area contributed by atoms with Crippen LogP contribution >= 0.6 is 11.3 Å². The number of rotatable bonds is 6. The zero-order valence-electron chi connectivity index (χ0n) is 17.5. The van der Waals surface area contributed by atoms with Crippen LogP contribution in [-0.2, 0) is 9.59 Å². The van der Waals surface area contributed by atoms with Crippen LogP contribution in [0.25, 0.3) is 0 Å². The Kier molecular flexibility index (Phi) is 5.36. The number of thiophene rings is 1. The molecule has 3 aliphatic rings. The monoisotopic (exact) mass is 430 g/mol. The van der Waals surface area contributed by atoms with Gasteiger partial charge in [0.15, 0.2) is 0 Å². The van der Waals surface area contributed by atoms with E-state index >= 15 is 0 Å². The highest BCUT2D eigenvalue weighted by molar-refractivity contribution is 7.10. The minimum absolute atomic E-state index is 0.0184. The molecule has 0 saturated heterocycles. The Bertz CT molecular complexity index is 1060. The van der Waals surface area contributed by atoms with Crippen molar-refractivity contribution in [2.24, 2.45) is 5.92 Å². The molecule has 2 aromatic carbocycles. The third-order valence-electron chi connectivity index (χ3n) is 6.64. The second-order valence-electron chi connectivity index (χ2n) is 8.56. The summed E-state index contributed by atoms with van der Waals surface area (Å²) in [7, 11) is 0. The van der Waals surface area contributed by atoms with Gasteiger partial charge in [0.1, 0.15) is 0 Å². The van der Waals surface area contributed by atoms with Gasteiger partial charge in [0.25, 0.3) is 0 Å². The van der Waals surface area contributed by atoms with E-state index in [0.29, 0.717) is 24.3 Å². The van der Waals surface area contributed by atoms with Gasteiger partial charge in [-0.1, -0.05) is 54.6 Å². The SMILES string of the molecule is CC(=O)N[C@H](CC(=O)NC[C@@H]1CC2c3ccccc3C1c1ccccc12)c1cccs1. The number of fused-ring (bicyclic) bond motifs is 1. The molecule has 0 aliphatic heterocycles. The average Bonchev–Trinajstić information content (AvgIpc) is 3.32. The van der Waals surface area contributed by atoms with Crippen molar-refractivity contribution in [2.75, 3.05) is 6.54 Å². The summed E-state index contributed by atoms with van der Waals surface area (Å²) in [5, 5.41) is 8.06. The third-order valence-corrected chi connectivity index (χ3v) is 7.62. The molecule has 0 unspecified atom stereocenters. The minimum Gasteiger partial charge on any atom is -0.356 e. The summed E-state index contributed by atoms with van der Waals surface area (Å²) in [5.74, 6) is 0.956. The zero-order chi connectivity index (χ0) is 21.4. The van der Waals surface area contributed by atoms with E-state index in [1.54, 1.807) is 11.3 Å². The van der Waals surface area contributed by atoms with Gasteiger partial charge in [-0.05, 0) is 46.0 Å². The summed E-state index contributed by atoms with van der Waals surface area (Å²) < 4.78 is 0. The van der Waals surface area contributed by atoms with Gasteiger partial charge in [-0.25, -0.2) is 0 Å². The Labute approximate surface area is 186 Å². The summed E-state index contributed by atoms with van der Waals surface area (Å²) >= 11 is 1.56. The number of hydrogen-bond donors (Lipinski definition) is 2. The van der Waals surface area contributed by atoms with E-state index in [9.17, 15) is 9.59 Å². The normalized spacial score (nSPS) is 21.6. The van der Waals surface area contributed by atoms with Gasteiger partial charge in [0.05, 0.1) is 12.5 Å². The molecule has 0 spiro atoms. The molecule has 5 heteroatoms. The summed E-state index contributed by atoms with van der Waals surface area (Å²) in [4.78, 5) is 25.4. The van der Waals surface area contributed by atoms with E-state index in [0.717, 1.165) is 11.3 Å². The van der Waals surface area contributed by atoms with E-state index in [1.807, 2.05) is 17.5 Å². The number of benzene rings is 2. The van der Waals surface area contributed by atoms with Gasteiger partial charge in [0.2, 0.25) is 11.8 Å². The Morgan fingerprint density at radius 3 is 2.19 bits per heavy atom. The molecule has 158 valence electrons. The van der Waals surface area contributed by atoms with Crippen LogP contribution < -0.4 is 10.6 Å². The lowest BCUT2D eigenvalue weighted by Gasteiger charge is -2.45. The Hall–Kier alpha value is -2.92. The zero-order valence-corrected chi connectivity index (χ0v) is 18.3. The molecule has 31 heavy (non-hydrogen) atoms. The lowest BCUT2D eigenvalue weighted by Crippen LogP contribution is -2.40. The van der Waals surface area contributed by atoms with Crippen LogP contribution in [0.3, 0.4) is 0 Å². The number of carbonyl (C=O) groups excluding carboxylic acids is 2. The molecule has 2 atom stereocenters. The molecule has 0 radical (unpaired) electrons. The average molecular weight is 431 g/mol. The van der Waals surface area contributed by atoms with Crippen LogP contribution in [0.4, 0.5) is 0 Å². The van der Waals surface area contributed by atoms with Crippen molar-refractivity contribution in [3.8, 4) is 0 Å². The van der Waals surface area contributed by atoms with Crippen LogP contribution in [0, 0.1) is 5.92 Å². The molecule has 3 aromatic rings. The van der Waals surface area contributed by atoms with E-state index in [4.69, 9.17) is 0 Å². The summed E-state index contributed by atoms with van der Waals surface area (Å²) in [6.07, 6.45) is 1.31. The Morgan fingerprint density at radius 2 is 1.61 bits per heavy atom. The van der Waals surface area contributed by atoms with E-state index in [1.165, 1.54) is 29.2 Å². The lowest BCUT2D eigenvalue weighted by atomic mass is 9.59. The molecule has 2 amide bonds. The molecule has 4 nitrogen and oxygen atoms in total. The van der Waals surface area contributed by atoms with Gasteiger partial charge in [-0.3, -0.25) is 9.59 Å². The molecule has 1 heterocycles. The molecule has 2 bridgehead atoms. The quantitative estimate of drug-likeness (QED) is 0.594. The van der Waals surface area contributed by atoms with Gasteiger partial charge in [-0.15, -0.1) is 11.3 Å². The maximum atomic E-state index is 12.8.